The topological polar surface area (TPSA) is 63.8 Å². The van der Waals surface area contributed by atoms with Gasteiger partial charge in [-0.25, -0.2) is 0 Å². The Morgan fingerprint density at radius 2 is 0.640 bits per heavy atom. The molecule has 5 nitrogen and oxygen atoms in total. The second kappa shape index (κ2) is 14.5. The van der Waals surface area contributed by atoms with Gasteiger partial charge in [-0.05, 0) is 60.7 Å². The van der Waals surface area contributed by atoms with Gasteiger partial charge in [0.15, 0.2) is 14.3 Å². The van der Waals surface area contributed by atoms with Gasteiger partial charge >= 0.3 is 0 Å². The van der Waals surface area contributed by atoms with E-state index < -0.39 is 14.3 Å². The average Bonchev–Trinajstić information content (AvgIpc) is 3.55. The van der Waals surface area contributed by atoms with Crippen molar-refractivity contribution < 1.29 is 9.13 Å². The standard InChI is InChI=1S/C43H35N3O2P2/c1-46-36(32-44-34-22-28-42(29-23-34)49(47,38-14-6-2-7-15-38)39-16-8-3-9-17-39)26-27-37(46)33-45-35-24-30-43(31-25-35)50(48,40-18-10-4-11-19-40)41-20-12-5-13-21-41/h2-33H,1H3. The Labute approximate surface area is 293 Å². The van der Waals surface area contributed by atoms with Crippen LogP contribution in [0, 0.1) is 0 Å². The van der Waals surface area contributed by atoms with E-state index in [1.54, 1.807) is 0 Å². The predicted molar refractivity (Wildman–Crippen MR) is 212 cm³/mol. The molecule has 6 aromatic carbocycles. The van der Waals surface area contributed by atoms with Crippen LogP contribution in [-0.2, 0) is 16.2 Å². The quantitative estimate of drug-likeness (QED) is 0.109. The van der Waals surface area contributed by atoms with Gasteiger partial charge in [-0.3, -0.25) is 9.98 Å². The number of rotatable bonds is 10. The summed E-state index contributed by atoms with van der Waals surface area (Å²) in [6.07, 6.45) is 3.64. The molecule has 0 fully saturated rings. The fourth-order valence-electron chi connectivity index (χ4n) is 6.03. The Balaban J connectivity index is 1.08. The summed E-state index contributed by atoms with van der Waals surface area (Å²) in [5.74, 6) is 0. The normalized spacial score (nSPS) is 12.1. The summed E-state index contributed by atoms with van der Waals surface area (Å²) >= 11 is 0. The lowest BCUT2D eigenvalue weighted by molar-refractivity contribution is 0.591. The lowest BCUT2D eigenvalue weighted by Gasteiger charge is -2.20. The fourth-order valence-corrected chi connectivity index (χ4v) is 11.3. The summed E-state index contributed by atoms with van der Waals surface area (Å²) in [5, 5.41) is 4.74. The second-order valence-electron chi connectivity index (χ2n) is 11.9. The van der Waals surface area contributed by atoms with Crippen molar-refractivity contribution in [3.8, 4) is 0 Å². The van der Waals surface area contributed by atoms with Gasteiger partial charge in [-0.2, -0.15) is 0 Å². The highest BCUT2D eigenvalue weighted by Gasteiger charge is 2.30. The lowest BCUT2D eigenvalue weighted by Crippen LogP contribution is -2.24. The molecule has 7 aromatic rings. The minimum atomic E-state index is -3.04. The summed E-state index contributed by atoms with van der Waals surface area (Å²) in [6, 6.07) is 57.9. The molecule has 0 saturated carbocycles. The van der Waals surface area contributed by atoms with Crippen LogP contribution >= 0.6 is 14.3 Å². The molecule has 0 aliphatic carbocycles. The maximum absolute atomic E-state index is 14.6. The van der Waals surface area contributed by atoms with Gasteiger partial charge in [0, 0.05) is 38.9 Å². The number of hydrogen-bond donors (Lipinski definition) is 0. The Morgan fingerprint density at radius 1 is 0.380 bits per heavy atom. The zero-order valence-electron chi connectivity index (χ0n) is 27.5. The van der Waals surface area contributed by atoms with Gasteiger partial charge in [0.2, 0.25) is 0 Å². The zero-order chi connectivity index (χ0) is 34.4. The molecule has 0 aliphatic heterocycles. The van der Waals surface area contributed by atoms with Gasteiger partial charge in [0.1, 0.15) is 0 Å². The summed E-state index contributed by atoms with van der Waals surface area (Å²) < 4.78 is 31.3. The highest BCUT2D eigenvalue weighted by molar-refractivity contribution is 7.85. The maximum Gasteiger partial charge on any atom is 0.171 e. The Bertz CT molecular complexity index is 2100. The van der Waals surface area contributed by atoms with E-state index in [-0.39, 0.29) is 0 Å². The maximum atomic E-state index is 14.6. The predicted octanol–water partition coefficient (Wildman–Crippen LogP) is 7.81. The van der Waals surface area contributed by atoms with Crippen LogP contribution in [0.15, 0.2) is 192 Å². The van der Waals surface area contributed by atoms with Crippen molar-refractivity contribution >= 4 is 69.9 Å². The third kappa shape index (κ3) is 6.54. The largest absolute Gasteiger partial charge is 0.342 e. The third-order valence-corrected chi connectivity index (χ3v) is 14.9. The molecule has 0 unspecified atom stereocenters. The molecule has 0 aliphatic rings. The second-order valence-corrected chi connectivity index (χ2v) is 17.4. The SMILES string of the molecule is Cn1c(C=Nc2ccc(P(=O)(c3ccccc3)c3ccccc3)cc2)ccc1C=Nc1ccc(P(=O)(c2ccccc2)c2ccccc2)cc1. The summed E-state index contributed by atoms with van der Waals surface area (Å²) in [4.78, 5) is 9.43. The highest BCUT2D eigenvalue weighted by Crippen LogP contribution is 2.43. The first-order valence-corrected chi connectivity index (χ1v) is 19.8. The zero-order valence-corrected chi connectivity index (χ0v) is 29.3. The Kier molecular flexibility index (Phi) is 9.54. The van der Waals surface area contributed by atoms with Gasteiger partial charge in [0.05, 0.1) is 35.2 Å². The van der Waals surface area contributed by atoms with Crippen molar-refractivity contribution in [2.75, 3.05) is 0 Å². The van der Waals surface area contributed by atoms with E-state index in [9.17, 15) is 9.13 Å². The van der Waals surface area contributed by atoms with E-state index in [0.717, 1.165) is 54.6 Å². The van der Waals surface area contributed by atoms with Crippen molar-refractivity contribution in [1.29, 1.82) is 0 Å². The highest BCUT2D eigenvalue weighted by atomic mass is 31.2. The van der Waals surface area contributed by atoms with Crippen molar-refractivity contribution in [2.45, 2.75) is 0 Å². The van der Waals surface area contributed by atoms with Crippen LogP contribution < -0.4 is 31.8 Å². The molecule has 1 heterocycles. The molecule has 0 bridgehead atoms. The lowest BCUT2D eigenvalue weighted by atomic mass is 10.3. The molecule has 7 heteroatoms. The first kappa shape index (κ1) is 32.9. The van der Waals surface area contributed by atoms with Crippen molar-refractivity contribution in [3.05, 3.63) is 193 Å². The fraction of sp³-hybridized carbons (Fsp3) is 0.0233. The smallest absolute Gasteiger partial charge is 0.171 e. The van der Waals surface area contributed by atoms with Gasteiger partial charge in [-0.1, -0.05) is 121 Å². The Hall–Kier alpha value is -5.60. The summed E-state index contributed by atoms with van der Waals surface area (Å²) in [7, 11) is -4.10. The molecule has 50 heavy (non-hydrogen) atoms. The van der Waals surface area contributed by atoms with Crippen LogP contribution in [0.1, 0.15) is 11.4 Å². The first-order valence-electron chi connectivity index (χ1n) is 16.3. The summed E-state index contributed by atoms with van der Waals surface area (Å²) in [5.41, 5.74) is 3.36. The number of nitrogens with zero attached hydrogens (tertiary/aromatic N) is 3. The molecular weight excluding hydrogens is 652 g/mol. The molecule has 0 spiro atoms. The van der Waals surface area contributed by atoms with Crippen molar-refractivity contribution in [1.82, 2.24) is 4.57 Å². The van der Waals surface area contributed by atoms with E-state index in [2.05, 4.69) is 0 Å². The van der Waals surface area contributed by atoms with Gasteiger partial charge in [-0.15, -0.1) is 0 Å². The molecular formula is C43H35N3O2P2. The monoisotopic (exact) mass is 687 g/mol. The minimum absolute atomic E-state index is 0.765. The first-order chi connectivity index (χ1) is 24.5. The summed E-state index contributed by atoms with van der Waals surface area (Å²) in [6.45, 7) is 0. The third-order valence-electron chi connectivity index (χ3n) is 8.80. The van der Waals surface area contributed by atoms with Gasteiger partial charge < -0.3 is 13.7 Å². The molecule has 0 amide bonds. The molecule has 0 saturated heterocycles. The molecule has 0 atom stereocenters. The molecule has 1 aromatic heterocycles. The number of aromatic nitrogens is 1. The van der Waals surface area contributed by atoms with Crippen LogP contribution in [0.5, 0.6) is 0 Å². The number of hydrogen-bond acceptors (Lipinski definition) is 4. The minimum Gasteiger partial charge on any atom is -0.342 e. The Morgan fingerprint density at radius 3 is 0.920 bits per heavy atom. The van der Waals surface area contributed by atoms with Crippen molar-refractivity contribution in [2.24, 2.45) is 17.0 Å². The van der Waals surface area contributed by atoms with Crippen LogP contribution in [0.4, 0.5) is 11.4 Å². The van der Waals surface area contributed by atoms with Gasteiger partial charge in [0.25, 0.3) is 0 Å². The van der Waals surface area contributed by atoms with E-state index in [4.69, 9.17) is 9.98 Å². The van der Waals surface area contributed by atoms with Crippen LogP contribution in [0.3, 0.4) is 0 Å². The number of aliphatic imine (C=N–C) groups is 2. The van der Waals surface area contributed by atoms with E-state index in [1.165, 1.54) is 0 Å². The van der Waals surface area contributed by atoms with Crippen LogP contribution in [0.25, 0.3) is 0 Å². The molecule has 244 valence electrons. The van der Waals surface area contributed by atoms with Crippen LogP contribution in [0.2, 0.25) is 0 Å². The molecule has 7 rings (SSSR count). The molecule has 0 N–H and O–H groups in total. The molecule has 0 radical (unpaired) electrons. The van der Waals surface area contributed by atoms with E-state index in [0.29, 0.717) is 0 Å². The van der Waals surface area contributed by atoms with E-state index >= 15 is 0 Å². The van der Waals surface area contributed by atoms with Crippen molar-refractivity contribution in [3.63, 3.8) is 0 Å². The number of benzene rings is 6. The average molecular weight is 688 g/mol. The van der Waals surface area contributed by atoms with E-state index in [1.807, 2.05) is 206 Å². The van der Waals surface area contributed by atoms with Crippen LogP contribution in [-0.4, -0.2) is 17.0 Å².